The van der Waals surface area contributed by atoms with E-state index in [1.54, 1.807) is 6.92 Å². The first-order valence-electron chi connectivity index (χ1n) is 4.80. The summed E-state index contributed by atoms with van der Waals surface area (Å²) in [5, 5.41) is 2.66. The van der Waals surface area contributed by atoms with Gasteiger partial charge in [-0.05, 0) is 13.3 Å². The minimum atomic E-state index is -4.48. The average Bonchev–Trinajstić information content (AvgIpc) is 2.15. The molecular weight excluding hydrogens is 221 g/mol. The van der Waals surface area contributed by atoms with Crippen LogP contribution in [0.1, 0.15) is 25.8 Å². The van der Waals surface area contributed by atoms with E-state index in [0.717, 1.165) is 0 Å². The molecule has 1 rings (SSSR count). The number of nitrogens with one attached hydrogen (secondary N) is 1. The van der Waals surface area contributed by atoms with Gasteiger partial charge in [0, 0.05) is 12.2 Å². The minimum Gasteiger partial charge on any atom is -0.368 e. The molecule has 3 N–H and O–H groups in total. The van der Waals surface area contributed by atoms with Crippen molar-refractivity contribution < 1.29 is 13.2 Å². The van der Waals surface area contributed by atoms with Gasteiger partial charge in [0.1, 0.15) is 11.4 Å². The van der Waals surface area contributed by atoms with E-state index < -0.39 is 11.7 Å². The van der Waals surface area contributed by atoms with Crippen molar-refractivity contribution in [2.24, 2.45) is 0 Å². The molecule has 0 fully saturated rings. The van der Waals surface area contributed by atoms with Crippen LogP contribution in [0.4, 0.5) is 24.9 Å². The van der Waals surface area contributed by atoms with Crippen LogP contribution in [0.2, 0.25) is 0 Å². The van der Waals surface area contributed by atoms with Crippen LogP contribution in [-0.4, -0.2) is 16.0 Å². The highest BCUT2D eigenvalue weighted by atomic mass is 19.4. The second kappa shape index (κ2) is 4.54. The van der Waals surface area contributed by atoms with Crippen LogP contribution in [0.15, 0.2) is 6.20 Å². The van der Waals surface area contributed by atoms with Crippen molar-refractivity contribution in [2.75, 3.05) is 11.1 Å². The van der Waals surface area contributed by atoms with Crippen molar-refractivity contribution in [2.45, 2.75) is 32.5 Å². The molecule has 1 heterocycles. The number of hydrogen-bond donors (Lipinski definition) is 2. The summed E-state index contributed by atoms with van der Waals surface area (Å²) in [5.74, 6) is -0.451. The smallest absolute Gasteiger partial charge is 0.368 e. The van der Waals surface area contributed by atoms with Crippen LogP contribution in [0.5, 0.6) is 0 Å². The quantitative estimate of drug-likeness (QED) is 0.842. The van der Waals surface area contributed by atoms with Crippen molar-refractivity contribution in [3.8, 4) is 0 Å². The molecule has 4 nitrogen and oxygen atoms in total. The first-order chi connectivity index (χ1) is 7.34. The second-order valence-corrected chi connectivity index (χ2v) is 3.44. The number of aromatic nitrogens is 2. The van der Waals surface area contributed by atoms with Gasteiger partial charge in [-0.1, -0.05) is 6.92 Å². The zero-order chi connectivity index (χ0) is 12.3. The highest BCUT2D eigenvalue weighted by Crippen LogP contribution is 2.33. The van der Waals surface area contributed by atoms with Crippen molar-refractivity contribution in [3.05, 3.63) is 11.8 Å². The van der Waals surface area contributed by atoms with Gasteiger partial charge >= 0.3 is 6.18 Å². The standard InChI is InChI=1S/C9H13F3N4/c1-3-5(2)15-7-6(9(10,11)12)4-14-8(13)16-7/h4-5H,3H2,1-2H3,(H3,13,14,15,16). The summed E-state index contributed by atoms with van der Waals surface area (Å²) in [6.07, 6.45) is -3.11. The number of nitrogens with zero attached hydrogens (tertiary/aromatic N) is 2. The molecule has 0 amide bonds. The van der Waals surface area contributed by atoms with E-state index >= 15 is 0 Å². The molecule has 1 unspecified atom stereocenters. The van der Waals surface area contributed by atoms with Crippen LogP contribution < -0.4 is 11.1 Å². The lowest BCUT2D eigenvalue weighted by Crippen LogP contribution is -2.20. The Labute approximate surface area is 91.1 Å². The number of anilines is 2. The molecule has 0 aliphatic rings. The molecule has 0 radical (unpaired) electrons. The second-order valence-electron chi connectivity index (χ2n) is 3.44. The summed E-state index contributed by atoms with van der Waals surface area (Å²) in [4.78, 5) is 6.91. The maximum Gasteiger partial charge on any atom is 0.421 e. The Morgan fingerprint density at radius 3 is 2.62 bits per heavy atom. The van der Waals surface area contributed by atoms with Gasteiger partial charge in [-0.2, -0.15) is 18.2 Å². The Balaban J connectivity index is 3.09. The molecule has 0 aliphatic carbocycles. The molecular formula is C9H13F3N4. The summed E-state index contributed by atoms with van der Waals surface area (Å²) in [6, 6.07) is -0.115. The van der Waals surface area contributed by atoms with Gasteiger partial charge in [0.25, 0.3) is 0 Å². The fourth-order valence-electron chi connectivity index (χ4n) is 1.05. The summed E-state index contributed by atoms with van der Waals surface area (Å²) >= 11 is 0. The van der Waals surface area contributed by atoms with E-state index in [1.807, 2.05) is 6.92 Å². The maximum absolute atomic E-state index is 12.6. The van der Waals surface area contributed by atoms with Gasteiger partial charge in [-0.25, -0.2) is 4.98 Å². The van der Waals surface area contributed by atoms with Gasteiger partial charge in [-0.15, -0.1) is 0 Å². The molecule has 1 aromatic heterocycles. The van der Waals surface area contributed by atoms with Crippen LogP contribution in [0.3, 0.4) is 0 Å². The third kappa shape index (κ3) is 2.98. The molecule has 0 aliphatic heterocycles. The molecule has 0 saturated heterocycles. The molecule has 7 heteroatoms. The number of nitrogen functional groups attached to an aromatic ring is 1. The molecule has 90 valence electrons. The van der Waals surface area contributed by atoms with E-state index in [4.69, 9.17) is 5.73 Å². The molecule has 0 bridgehead atoms. The molecule has 1 atom stereocenters. The van der Waals surface area contributed by atoms with Crippen molar-refractivity contribution in [1.29, 1.82) is 0 Å². The summed E-state index contributed by atoms with van der Waals surface area (Å²) in [6.45, 7) is 3.62. The molecule has 1 aromatic rings. The van der Waals surface area contributed by atoms with Gasteiger partial charge in [0.05, 0.1) is 0 Å². The van der Waals surface area contributed by atoms with Gasteiger partial charge < -0.3 is 11.1 Å². The fraction of sp³-hybridized carbons (Fsp3) is 0.556. The zero-order valence-corrected chi connectivity index (χ0v) is 8.97. The lowest BCUT2D eigenvalue weighted by molar-refractivity contribution is -0.137. The zero-order valence-electron chi connectivity index (χ0n) is 8.97. The maximum atomic E-state index is 12.6. The molecule has 16 heavy (non-hydrogen) atoms. The van der Waals surface area contributed by atoms with Crippen LogP contribution >= 0.6 is 0 Å². The van der Waals surface area contributed by atoms with Crippen LogP contribution in [0, 0.1) is 0 Å². The molecule has 0 saturated carbocycles. The van der Waals surface area contributed by atoms with E-state index in [1.165, 1.54) is 0 Å². The Bertz CT molecular complexity index is 364. The number of halogens is 3. The van der Waals surface area contributed by atoms with Gasteiger partial charge in [0.2, 0.25) is 5.95 Å². The highest BCUT2D eigenvalue weighted by Gasteiger charge is 2.35. The first-order valence-corrected chi connectivity index (χ1v) is 4.80. The predicted molar refractivity (Wildman–Crippen MR) is 54.8 cm³/mol. The fourth-order valence-corrected chi connectivity index (χ4v) is 1.05. The molecule has 0 aromatic carbocycles. The summed E-state index contributed by atoms with van der Waals surface area (Å²) in [5.41, 5.74) is 4.36. The van der Waals surface area contributed by atoms with E-state index in [2.05, 4.69) is 15.3 Å². The highest BCUT2D eigenvalue weighted by molar-refractivity contribution is 5.48. The Morgan fingerprint density at radius 1 is 1.50 bits per heavy atom. The SMILES string of the molecule is CCC(C)Nc1nc(N)ncc1C(F)(F)F. The normalized spacial score (nSPS) is 13.6. The Morgan fingerprint density at radius 2 is 2.12 bits per heavy atom. The number of rotatable bonds is 3. The Kier molecular flexibility index (Phi) is 3.56. The minimum absolute atomic E-state index is 0.115. The van der Waals surface area contributed by atoms with Crippen molar-refractivity contribution in [1.82, 2.24) is 9.97 Å². The average molecular weight is 234 g/mol. The number of alkyl halides is 3. The number of hydrogen-bond acceptors (Lipinski definition) is 4. The largest absolute Gasteiger partial charge is 0.421 e. The lowest BCUT2D eigenvalue weighted by atomic mass is 10.2. The van der Waals surface area contributed by atoms with Crippen molar-refractivity contribution >= 4 is 11.8 Å². The summed E-state index contributed by atoms with van der Waals surface area (Å²) in [7, 11) is 0. The van der Waals surface area contributed by atoms with Crippen LogP contribution in [0.25, 0.3) is 0 Å². The monoisotopic (exact) mass is 234 g/mol. The third-order valence-electron chi connectivity index (χ3n) is 2.11. The van der Waals surface area contributed by atoms with Crippen molar-refractivity contribution in [3.63, 3.8) is 0 Å². The predicted octanol–water partition coefficient (Wildman–Crippen LogP) is 2.29. The lowest BCUT2D eigenvalue weighted by Gasteiger charge is -2.16. The number of nitrogens with two attached hydrogens (primary N) is 1. The third-order valence-corrected chi connectivity index (χ3v) is 2.11. The van der Waals surface area contributed by atoms with E-state index in [9.17, 15) is 13.2 Å². The van der Waals surface area contributed by atoms with Crippen LogP contribution in [-0.2, 0) is 6.18 Å². The topological polar surface area (TPSA) is 63.8 Å². The van der Waals surface area contributed by atoms with Gasteiger partial charge in [-0.3, -0.25) is 0 Å². The van der Waals surface area contributed by atoms with E-state index in [0.29, 0.717) is 12.6 Å². The molecule has 0 spiro atoms. The van der Waals surface area contributed by atoms with Gasteiger partial charge in [0.15, 0.2) is 0 Å². The van der Waals surface area contributed by atoms with E-state index in [-0.39, 0.29) is 17.8 Å². The first kappa shape index (κ1) is 12.5. The Hall–Kier alpha value is -1.53. The summed E-state index contributed by atoms with van der Waals surface area (Å²) < 4.78 is 37.7.